The maximum absolute atomic E-state index is 7.88. The number of rotatable bonds is 5. The standard InChI is InChI=1S/C20H28NSi.C17H12N.Ir/c1-15(20(2,3)4)17-13-18(16-11-9-8-10-12-16)21-14-19(17)22(5,6)7;1-3-7-14(8-4-1)16-11-12-18-17(13-16)15-9-5-2-6-10-15;/h8-11,13-15H,1-7H3;1-9,11-13H;/q2*-1;/i8D,9D,10D;;. The monoisotopic (exact) mass is 736 g/mol. The van der Waals surface area contributed by atoms with E-state index >= 15 is 0 Å². The zero-order chi connectivity index (χ0) is 31.4. The number of hydrogen-bond acceptors (Lipinski definition) is 2. The minimum absolute atomic E-state index is 0. The van der Waals surface area contributed by atoms with Crippen molar-refractivity contribution in [3.8, 4) is 33.6 Å². The van der Waals surface area contributed by atoms with Gasteiger partial charge in [0.25, 0.3) is 0 Å². The van der Waals surface area contributed by atoms with E-state index < -0.39 is 8.07 Å². The zero-order valence-corrected chi connectivity index (χ0v) is 28.4. The third kappa shape index (κ3) is 8.66. The van der Waals surface area contributed by atoms with E-state index in [-0.39, 0.29) is 43.6 Å². The molecule has 0 amide bonds. The average molecular weight is 736 g/mol. The van der Waals surface area contributed by atoms with Gasteiger partial charge in [0.15, 0.2) is 0 Å². The van der Waals surface area contributed by atoms with Crippen LogP contribution in [-0.4, -0.2) is 18.0 Å². The van der Waals surface area contributed by atoms with Gasteiger partial charge in [-0.2, -0.15) is 0 Å². The average Bonchev–Trinajstić information content (AvgIpc) is 2.99. The van der Waals surface area contributed by atoms with Gasteiger partial charge < -0.3 is 9.97 Å². The first-order valence-corrected chi connectivity index (χ1v) is 17.2. The van der Waals surface area contributed by atoms with Crippen molar-refractivity contribution in [3.63, 3.8) is 0 Å². The predicted molar refractivity (Wildman–Crippen MR) is 173 cm³/mol. The molecule has 2 heterocycles. The van der Waals surface area contributed by atoms with Crippen molar-refractivity contribution in [1.29, 1.82) is 0 Å². The Labute approximate surface area is 265 Å². The molecule has 5 aromatic rings. The topological polar surface area (TPSA) is 25.8 Å². The van der Waals surface area contributed by atoms with Crippen molar-refractivity contribution in [1.82, 2.24) is 9.97 Å². The summed E-state index contributed by atoms with van der Waals surface area (Å²) >= 11 is 0. The molecule has 0 saturated heterocycles. The van der Waals surface area contributed by atoms with Crippen LogP contribution in [0.1, 0.15) is 43.3 Å². The van der Waals surface area contributed by atoms with Crippen molar-refractivity contribution in [2.75, 3.05) is 0 Å². The molecule has 5 rings (SSSR count). The van der Waals surface area contributed by atoms with Crippen molar-refractivity contribution >= 4 is 13.3 Å². The molecule has 0 N–H and O–H groups in total. The second-order valence-corrected chi connectivity index (χ2v) is 17.2. The summed E-state index contributed by atoms with van der Waals surface area (Å²) in [6.45, 7) is 16.0. The Morgan fingerprint density at radius 3 is 2.10 bits per heavy atom. The van der Waals surface area contributed by atoms with Crippen LogP contribution < -0.4 is 5.19 Å². The molecular formula is C37H40IrN2Si-2. The van der Waals surface area contributed by atoms with Crippen molar-refractivity contribution < 1.29 is 24.2 Å². The van der Waals surface area contributed by atoms with Crippen molar-refractivity contribution in [2.45, 2.75) is 53.3 Å². The fourth-order valence-corrected chi connectivity index (χ4v) is 6.03. The Hall–Kier alpha value is -3.17. The SMILES string of the molecule is [2H]c1[c-]c(-c2cc(C(C)C(C)(C)C)c([Si](C)(C)C)cn2)cc([2H])c1[2H].[Ir].[c-]1ccccc1-c1cc(-c2ccccc2)ccn1. The number of benzene rings is 3. The van der Waals surface area contributed by atoms with Crippen LogP contribution >= 0.6 is 0 Å². The molecule has 213 valence electrons. The second-order valence-electron chi connectivity index (χ2n) is 12.1. The summed E-state index contributed by atoms with van der Waals surface area (Å²) in [6, 6.07) is 32.1. The van der Waals surface area contributed by atoms with E-state index in [0.29, 0.717) is 11.5 Å². The fraction of sp³-hybridized carbons (Fsp3) is 0.243. The molecule has 41 heavy (non-hydrogen) atoms. The van der Waals surface area contributed by atoms with Crippen molar-refractivity contribution in [2.24, 2.45) is 5.41 Å². The Morgan fingerprint density at radius 1 is 0.780 bits per heavy atom. The maximum Gasteiger partial charge on any atom is 0.0799 e. The van der Waals surface area contributed by atoms with E-state index in [1.807, 2.05) is 60.9 Å². The summed E-state index contributed by atoms with van der Waals surface area (Å²) in [6.07, 6.45) is 3.83. The summed E-state index contributed by atoms with van der Waals surface area (Å²) in [5.41, 5.74) is 7.15. The number of pyridine rings is 2. The molecule has 4 heteroatoms. The molecule has 2 aromatic heterocycles. The molecule has 2 nitrogen and oxygen atoms in total. The molecule has 0 bridgehead atoms. The molecule has 3 aromatic carbocycles. The van der Waals surface area contributed by atoms with Gasteiger partial charge in [0.2, 0.25) is 0 Å². The van der Waals surface area contributed by atoms with Gasteiger partial charge in [-0.15, -0.1) is 71.7 Å². The molecule has 0 saturated carbocycles. The smallest absolute Gasteiger partial charge is 0.0799 e. The quantitative estimate of drug-likeness (QED) is 0.133. The normalized spacial score (nSPS) is 13.0. The van der Waals surface area contributed by atoms with Gasteiger partial charge in [0.1, 0.15) is 0 Å². The van der Waals surface area contributed by atoms with E-state index in [9.17, 15) is 0 Å². The van der Waals surface area contributed by atoms with Crippen LogP contribution in [0.15, 0.2) is 109 Å². The first-order valence-electron chi connectivity index (χ1n) is 15.2. The molecule has 0 aliphatic carbocycles. The molecular weight excluding hydrogens is 693 g/mol. The van der Waals surface area contributed by atoms with Gasteiger partial charge in [-0.05, 0) is 46.5 Å². The van der Waals surface area contributed by atoms with Crippen LogP contribution in [0.2, 0.25) is 19.6 Å². The summed E-state index contributed by atoms with van der Waals surface area (Å²) in [7, 11) is -1.55. The Balaban J connectivity index is 0.000000246. The molecule has 0 fully saturated rings. The van der Waals surface area contributed by atoms with Crippen molar-refractivity contribution in [3.05, 3.63) is 127 Å². The summed E-state index contributed by atoms with van der Waals surface area (Å²) in [5, 5.41) is 1.35. The largest absolute Gasteiger partial charge is 0.305 e. The third-order valence-corrected chi connectivity index (χ3v) is 9.22. The molecule has 0 spiro atoms. The summed E-state index contributed by atoms with van der Waals surface area (Å²) < 4.78 is 23.4. The van der Waals surface area contributed by atoms with Gasteiger partial charge in [-0.1, -0.05) is 95.4 Å². The third-order valence-electron chi connectivity index (χ3n) is 7.19. The van der Waals surface area contributed by atoms with E-state index in [1.165, 1.54) is 21.9 Å². The predicted octanol–water partition coefficient (Wildman–Crippen LogP) is 9.46. The first-order chi connectivity index (χ1) is 20.3. The van der Waals surface area contributed by atoms with Crippen LogP contribution in [0, 0.1) is 17.5 Å². The number of hydrogen-bond donors (Lipinski definition) is 0. The Bertz CT molecular complexity index is 1600. The van der Waals surface area contributed by atoms with Crippen LogP contribution in [0.5, 0.6) is 0 Å². The number of aromatic nitrogens is 2. The van der Waals surface area contributed by atoms with Gasteiger partial charge in [-0.25, -0.2) is 0 Å². The van der Waals surface area contributed by atoms with Gasteiger partial charge in [0, 0.05) is 35.2 Å². The molecule has 0 aliphatic rings. The first kappa shape index (κ1) is 28.0. The minimum atomic E-state index is -1.55. The molecule has 1 atom stereocenters. The van der Waals surface area contributed by atoms with Gasteiger partial charge >= 0.3 is 0 Å². The van der Waals surface area contributed by atoms with Crippen LogP contribution in [0.3, 0.4) is 0 Å². The summed E-state index contributed by atoms with van der Waals surface area (Å²) in [5.74, 6) is 0.359. The number of nitrogens with zero attached hydrogens (tertiary/aromatic N) is 2. The van der Waals surface area contributed by atoms with Gasteiger partial charge in [-0.3, -0.25) is 0 Å². The van der Waals surface area contributed by atoms with Crippen LogP contribution in [-0.2, 0) is 20.1 Å². The molecule has 1 unspecified atom stereocenters. The molecule has 1 radical (unpaired) electrons. The Morgan fingerprint density at radius 2 is 1.46 bits per heavy atom. The second kappa shape index (κ2) is 14.1. The summed E-state index contributed by atoms with van der Waals surface area (Å²) in [4.78, 5) is 9.03. The Kier molecular flexibility index (Phi) is 9.64. The van der Waals surface area contributed by atoms with E-state index in [4.69, 9.17) is 4.11 Å². The fourth-order valence-electron chi connectivity index (χ4n) is 4.43. The van der Waals surface area contributed by atoms with Crippen LogP contribution in [0.25, 0.3) is 33.6 Å². The van der Waals surface area contributed by atoms with Gasteiger partial charge in [0.05, 0.1) is 8.07 Å². The van der Waals surface area contributed by atoms with E-state index in [2.05, 4.69) is 93.7 Å². The maximum atomic E-state index is 7.88. The zero-order valence-electron chi connectivity index (χ0n) is 28.0. The van der Waals surface area contributed by atoms with E-state index in [1.54, 1.807) is 6.07 Å². The van der Waals surface area contributed by atoms with E-state index in [0.717, 1.165) is 17.0 Å². The molecule has 0 aliphatic heterocycles. The minimum Gasteiger partial charge on any atom is -0.305 e. The van der Waals surface area contributed by atoms with Crippen LogP contribution in [0.4, 0.5) is 0 Å².